The number of hydrogen-bond donors (Lipinski definition) is 1. The summed E-state index contributed by atoms with van der Waals surface area (Å²) in [7, 11) is 0.0984. The molecule has 4 rings (SSSR count). The molecule has 1 N–H and O–H groups in total. The van der Waals surface area contributed by atoms with E-state index in [-0.39, 0.29) is 0 Å². The smallest absolute Gasteiger partial charge is 0.126 e. The number of allylic oxidation sites excluding steroid dienone is 6. The summed E-state index contributed by atoms with van der Waals surface area (Å²) in [5, 5.41) is 4.54. The molecule has 0 amide bonds. The van der Waals surface area contributed by atoms with Crippen LogP contribution in [0.25, 0.3) is 0 Å². The summed E-state index contributed by atoms with van der Waals surface area (Å²) in [6, 6.07) is 22.2. The quantitative estimate of drug-likeness (QED) is 0.549. The second-order valence-corrected chi connectivity index (χ2v) is 14.8. The summed E-state index contributed by atoms with van der Waals surface area (Å²) < 4.78 is 0. The van der Waals surface area contributed by atoms with Crippen LogP contribution in [0.5, 0.6) is 0 Å². The minimum absolute atomic E-state index is 0.504. The lowest BCUT2D eigenvalue weighted by molar-refractivity contribution is 0.575. The van der Waals surface area contributed by atoms with E-state index in [1.807, 2.05) is 0 Å². The molecular formula is C24H28NPSi. The maximum Gasteiger partial charge on any atom is 0.126 e. The van der Waals surface area contributed by atoms with Crippen LogP contribution in [-0.2, 0) is 0 Å². The molecule has 2 aromatic rings. The van der Waals surface area contributed by atoms with E-state index in [1.165, 1.54) is 10.6 Å². The maximum absolute atomic E-state index is 3.70. The van der Waals surface area contributed by atoms with Gasteiger partial charge in [0.25, 0.3) is 0 Å². The molecule has 0 saturated carbocycles. The van der Waals surface area contributed by atoms with Crippen LogP contribution in [-0.4, -0.2) is 15.3 Å². The van der Waals surface area contributed by atoms with E-state index >= 15 is 0 Å². The number of benzene rings is 2. The zero-order valence-electron chi connectivity index (χ0n) is 16.3. The van der Waals surface area contributed by atoms with Crippen molar-refractivity contribution in [3.63, 3.8) is 0 Å². The SMILES string of the molecule is CN[Si](C)(C)C1C=C(P(c2ccccc2)c2ccccc2)C2C=CC=CC21. The van der Waals surface area contributed by atoms with E-state index in [4.69, 9.17) is 0 Å². The number of fused-ring (bicyclic) bond motifs is 1. The van der Waals surface area contributed by atoms with Gasteiger partial charge in [-0.25, -0.2) is 0 Å². The Morgan fingerprint density at radius 2 is 1.37 bits per heavy atom. The Morgan fingerprint density at radius 1 is 0.815 bits per heavy atom. The molecule has 0 aliphatic heterocycles. The normalized spacial score (nSPS) is 24.1. The van der Waals surface area contributed by atoms with Crippen molar-refractivity contribution in [3.05, 3.63) is 96.4 Å². The topological polar surface area (TPSA) is 12.0 Å². The predicted octanol–water partition coefficient (Wildman–Crippen LogP) is 5.17. The molecule has 0 fully saturated rings. The second kappa shape index (κ2) is 7.71. The molecule has 0 heterocycles. The zero-order valence-corrected chi connectivity index (χ0v) is 18.2. The summed E-state index contributed by atoms with van der Waals surface area (Å²) >= 11 is 0. The molecule has 0 bridgehead atoms. The lowest BCUT2D eigenvalue weighted by Crippen LogP contribution is -2.48. The van der Waals surface area contributed by atoms with Crippen LogP contribution in [0.2, 0.25) is 18.6 Å². The molecule has 138 valence electrons. The van der Waals surface area contributed by atoms with Crippen molar-refractivity contribution < 1.29 is 0 Å². The predicted molar refractivity (Wildman–Crippen MR) is 123 cm³/mol. The molecular weight excluding hydrogens is 361 g/mol. The van der Waals surface area contributed by atoms with E-state index < -0.39 is 16.2 Å². The van der Waals surface area contributed by atoms with Gasteiger partial charge in [-0.3, -0.25) is 0 Å². The van der Waals surface area contributed by atoms with Gasteiger partial charge in [-0.1, -0.05) is 104 Å². The summed E-state index contributed by atoms with van der Waals surface area (Å²) in [5.41, 5.74) is 0.626. The van der Waals surface area contributed by atoms with Gasteiger partial charge in [0, 0.05) is 5.92 Å². The van der Waals surface area contributed by atoms with E-state index in [0.29, 0.717) is 17.4 Å². The Hall–Kier alpha value is -1.73. The molecule has 3 heteroatoms. The third kappa shape index (κ3) is 3.54. The first-order valence-electron chi connectivity index (χ1n) is 9.77. The largest absolute Gasteiger partial charge is 0.340 e. The summed E-state index contributed by atoms with van der Waals surface area (Å²) in [4.78, 5) is 3.70. The molecule has 3 atom stereocenters. The Bertz CT molecular complexity index is 830. The molecule has 27 heavy (non-hydrogen) atoms. The van der Waals surface area contributed by atoms with Gasteiger partial charge in [0.2, 0.25) is 0 Å². The van der Waals surface area contributed by atoms with E-state index in [9.17, 15) is 0 Å². The Labute approximate surface area is 165 Å². The fourth-order valence-electron chi connectivity index (χ4n) is 4.35. The van der Waals surface area contributed by atoms with Crippen molar-refractivity contribution >= 4 is 26.8 Å². The Balaban J connectivity index is 1.85. The van der Waals surface area contributed by atoms with Crippen LogP contribution in [0.3, 0.4) is 0 Å². The van der Waals surface area contributed by atoms with Crippen LogP contribution < -0.4 is 15.6 Å². The molecule has 2 aromatic carbocycles. The van der Waals surface area contributed by atoms with E-state index in [1.54, 1.807) is 5.31 Å². The minimum Gasteiger partial charge on any atom is -0.340 e. The van der Waals surface area contributed by atoms with E-state index in [0.717, 1.165) is 0 Å². The van der Waals surface area contributed by atoms with Gasteiger partial charge in [-0.05, 0) is 42.4 Å². The van der Waals surface area contributed by atoms with Gasteiger partial charge in [-0.2, -0.15) is 0 Å². The zero-order chi connectivity index (χ0) is 18.9. The van der Waals surface area contributed by atoms with Gasteiger partial charge in [-0.15, -0.1) is 0 Å². The van der Waals surface area contributed by atoms with Gasteiger partial charge < -0.3 is 4.98 Å². The fraction of sp³-hybridized carbons (Fsp3) is 0.250. The number of rotatable bonds is 5. The van der Waals surface area contributed by atoms with Crippen molar-refractivity contribution in [2.24, 2.45) is 11.8 Å². The van der Waals surface area contributed by atoms with Crippen LogP contribution in [0.15, 0.2) is 96.4 Å². The monoisotopic (exact) mass is 389 g/mol. The summed E-state index contributed by atoms with van der Waals surface area (Å²) in [6.45, 7) is 4.93. The Morgan fingerprint density at radius 3 is 1.93 bits per heavy atom. The first-order valence-corrected chi connectivity index (χ1v) is 14.2. The number of hydrogen-bond acceptors (Lipinski definition) is 1. The van der Waals surface area contributed by atoms with Gasteiger partial charge >= 0.3 is 0 Å². The van der Waals surface area contributed by atoms with Gasteiger partial charge in [0.05, 0.1) is 0 Å². The highest BCUT2D eigenvalue weighted by molar-refractivity contribution is 7.76. The average Bonchev–Trinajstić information content (AvgIpc) is 3.10. The van der Waals surface area contributed by atoms with Crippen molar-refractivity contribution in [3.8, 4) is 0 Å². The van der Waals surface area contributed by atoms with Crippen molar-refractivity contribution in [2.45, 2.75) is 18.6 Å². The molecule has 3 unspecified atom stereocenters. The lowest BCUT2D eigenvalue weighted by Gasteiger charge is -2.34. The molecule has 2 aliphatic rings. The molecule has 1 nitrogen and oxygen atoms in total. The average molecular weight is 390 g/mol. The lowest BCUT2D eigenvalue weighted by atomic mass is 9.91. The molecule has 0 aromatic heterocycles. The molecule has 0 spiro atoms. The maximum atomic E-state index is 3.70. The van der Waals surface area contributed by atoms with Crippen molar-refractivity contribution in [2.75, 3.05) is 7.05 Å². The second-order valence-electron chi connectivity index (χ2n) is 7.97. The summed E-state index contributed by atoms with van der Waals surface area (Å²) in [6.07, 6.45) is 12.0. The van der Waals surface area contributed by atoms with Crippen molar-refractivity contribution in [1.29, 1.82) is 0 Å². The highest BCUT2D eigenvalue weighted by atomic mass is 31.1. The van der Waals surface area contributed by atoms with E-state index in [2.05, 4.69) is 116 Å². The fourth-order valence-corrected chi connectivity index (χ4v) is 9.40. The minimum atomic E-state index is -1.54. The van der Waals surface area contributed by atoms with Crippen LogP contribution in [0.4, 0.5) is 0 Å². The standard InChI is InChI=1S/C24H28NPSi/c1-25-27(2,3)24-18-23(21-16-10-11-17-22(21)24)26(19-12-6-4-7-13-19)20-14-8-5-9-15-20/h4-18,21-22,24-25H,1-3H3. The third-order valence-electron chi connectivity index (χ3n) is 6.05. The molecule has 0 saturated heterocycles. The van der Waals surface area contributed by atoms with Crippen LogP contribution in [0, 0.1) is 11.8 Å². The van der Waals surface area contributed by atoms with Gasteiger partial charge in [0.1, 0.15) is 8.24 Å². The first kappa shape index (κ1) is 18.6. The first-order chi connectivity index (χ1) is 13.1. The molecule has 2 aliphatic carbocycles. The highest BCUT2D eigenvalue weighted by Crippen LogP contribution is 2.58. The van der Waals surface area contributed by atoms with Gasteiger partial charge in [0.15, 0.2) is 0 Å². The number of nitrogens with one attached hydrogen (secondary N) is 1. The Kier molecular flexibility index (Phi) is 5.32. The van der Waals surface area contributed by atoms with Crippen LogP contribution >= 0.6 is 7.92 Å². The summed E-state index contributed by atoms with van der Waals surface area (Å²) in [5.74, 6) is 1.11. The highest BCUT2D eigenvalue weighted by Gasteiger charge is 2.45. The third-order valence-corrected chi connectivity index (χ3v) is 12.1. The molecule has 0 radical (unpaired) electrons. The van der Waals surface area contributed by atoms with Crippen LogP contribution in [0.1, 0.15) is 0 Å². The van der Waals surface area contributed by atoms with Crippen molar-refractivity contribution in [1.82, 2.24) is 4.98 Å².